The zero-order valence-electron chi connectivity index (χ0n) is 24.8. The van der Waals surface area contributed by atoms with Crippen LogP contribution in [0.25, 0.3) is 11.1 Å². The Bertz CT molecular complexity index is 1150. The normalized spacial score (nSPS) is 18.1. The minimum absolute atomic E-state index is 0.0694. The molecule has 222 valence electrons. The Balaban J connectivity index is 1.39. The summed E-state index contributed by atoms with van der Waals surface area (Å²) in [5.41, 5.74) is 3.19. The molecule has 1 saturated heterocycles. The highest BCUT2D eigenvalue weighted by atomic mass is 16.5. The average molecular weight is 563 g/mol. The van der Waals surface area contributed by atoms with E-state index >= 15 is 0 Å². The predicted octanol–water partition coefficient (Wildman–Crippen LogP) is 4.57. The molecule has 3 amide bonds. The quantitative estimate of drug-likeness (QED) is 0.238. The number of rotatable bonds is 11. The summed E-state index contributed by atoms with van der Waals surface area (Å²) >= 11 is 0. The Morgan fingerprint density at radius 2 is 1.63 bits per heavy atom. The van der Waals surface area contributed by atoms with Crippen LogP contribution in [-0.2, 0) is 20.9 Å². The van der Waals surface area contributed by atoms with E-state index in [1.54, 1.807) is 0 Å². The average Bonchev–Trinajstić information content (AvgIpc) is 3.49. The van der Waals surface area contributed by atoms with E-state index in [-0.39, 0.29) is 18.4 Å². The van der Waals surface area contributed by atoms with Gasteiger partial charge in [0.15, 0.2) is 0 Å². The molecule has 0 bridgehead atoms. The van der Waals surface area contributed by atoms with Gasteiger partial charge in [0.05, 0.1) is 12.5 Å². The molecular formula is C33H46N4O4. The van der Waals surface area contributed by atoms with E-state index in [4.69, 9.17) is 0 Å². The fraction of sp³-hybridized carbons (Fsp3) is 0.545. The van der Waals surface area contributed by atoms with E-state index in [9.17, 15) is 19.6 Å². The molecule has 4 rings (SSSR count). The first kappa shape index (κ1) is 30.7. The number of hydrogen-bond donors (Lipinski definition) is 2. The molecule has 2 N–H and O–H groups in total. The van der Waals surface area contributed by atoms with Crippen LogP contribution in [0.1, 0.15) is 58.4 Å². The molecule has 0 spiro atoms. The number of piperazine rings is 1. The van der Waals surface area contributed by atoms with E-state index in [0.717, 1.165) is 45.3 Å². The Labute approximate surface area is 244 Å². The molecule has 0 aromatic heterocycles. The van der Waals surface area contributed by atoms with E-state index in [1.807, 2.05) is 31.7 Å². The highest BCUT2D eigenvalue weighted by molar-refractivity contribution is 5.89. The number of carbonyl (C=O) groups excluding carboxylic acids is 3. The van der Waals surface area contributed by atoms with Gasteiger partial charge in [-0.2, -0.15) is 0 Å². The number of nitrogens with zero attached hydrogens (tertiary/aromatic N) is 3. The maximum absolute atomic E-state index is 13.8. The lowest BCUT2D eigenvalue weighted by atomic mass is 9.84. The fourth-order valence-corrected chi connectivity index (χ4v) is 6.20. The van der Waals surface area contributed by atoms with Crippen molar-refractivity contribution in [1.29, 1.82) is 0 Å². The molecule has 1 aliphatic heterocycles. The number of carbonyl (C=O) groups is 3. The number of benzene rings is 2. The van der Waals surface area contributed by atoms with Gasteiger partial charge in [-0.05, 0) is 34.4 Å². The van der Waals surface area contributed by atoms with Crippen LogP contribution >= 0.6 is 0 Å². The first-order valence-corrected chi connectivity index (χ1v) is 15.0. The number of nitrogens with one attached hydrogen (secondary N) is 1. The predicted molar refractivity (Wildman–Crippen MR) is 160 cm³/mol. The summed E-state index contributed by atoms with van der Waals surface area (Å²) in [6.07, 6.45) is 5.32. The number of amides is 3. The standard InChI is InChI=1S/C33H46N4O4/c1-33(2,3)30(34-31(39)28(23-37(41)24-38)21-25-11-7-8-12-25)32(40)36-19-17-35(18-20-36)22-27-15-9-10-16-29(27)26-13-5-4-6-14-26/h4-6,9-10,13-16,24-25,28,30,41H,7-8,11-12,17-23H2,1-3H3,(H,34,39)/t28-,30-/m1/s1. The largest absolute Gasteiger partial charge is 0.344 e. The molecule has 2 aromatic rings. The molecule has 1 heterocycles. The van der Waals surface area contributed by atoms with Crippen LogP contribution in [0.4, 0.5) is 0 Å². The van der Waals surface area contributed by atoms with Gasteiger partial charge in [0.1, 0.15) is 6.04 Å². The van der Waals surface area contributed by atoms with Crippen molar-refractivity contribution in [3.8, 4) is 11.1 Å². The summed E-state index contributed by atoms with van der Waals surface area (Å²) in [4.78, 5) is 42.6. The first-order chi connectivity index (χ1) is 19.7. The molecule has 8 nitrogen and oxygen atoms in total. The lowest BCUT2D eigenvalue weighted by Gasteiger charge is -2.40. The third kappa shape index (κ3) is 8.39. The van der Waals surface area contributed by atoms with E-state index in [0.29, 0.717) is 36.9 Å². The topological polar surface area (TPSA) is 93.2 Å². The molecule has 2 aromatic carbocycles. The molecule has 2 fully saturated rings. The van der Waals surface area contributed by atoms with Gasteiger partial charge in [-0.3, -0.25) is 24.5 Å². The van der Waals surface area contributed by atoms with Gasteiger partial charge in [0, 0.05) is 32.7 Å². The molecule has 41 heavy (non-hydrogen) atoms. The number of hydrogen-bond acceptors (Lipinski definition) is 5. The van der Waals surface area contributed by atoms with Gasteiger partial charge in [0.25, 0.3) is 0 Å². The molecule has 1 aliphatic carbocycles. The fourth-order valence-electron chi connectivity index (χ4n) is 6.20. The van der Waals surface area contributed by atoms with Gasteiger partial charge in [-0.15, -0.1) is 0 Å². The van der Waals surface area contributed by atoms with Crippen molar-refractivity contribution < 1.29 is 19.6 Å². The van der Waals surface area contributed by atoms with Crippen molar-refractivity contribution in [2.24, 2.45) is 17.3 Å². The second kappa shape index (κ2) is 14.1. The zero-order valence-corrected chi connectivity index (χ0v) is 24.8. The second-order valence-electron chi connectivity index (χ2n) is 12.7. The maximum Gasteiger partial charge on any atom is 0.245 e. The summed E-state index contributed by atoms with van der Waals surface area (Å²) in [6, 6.07) is 18.2. The molecule has 8 heteroatoms. The van der Waals surface area contributed by atoms with Crippen molar-refractivity contribution in [3.05, 3.63) is 60.2 Å². The van der Waals surface area contributed by atoms with Gasteiger partial charge >= 0.3 is 0 Å². The van der Waals surface area contributed by atoms with Gasteiger partial charge in [-0.1, -0.05) is 101 Å². The number of hydroxylamine groups is 2. The van der Waals surface area contributed by atoms with Gasteiger partial charge < -0.3 is 10.2 Å². The first-order valence-electron chi connectivity index (χ1n) is 15.0. The van der Waals surface area contributed by atoms with E-state index < -0.39 is 17.4 Å². The summed E-state index contributed by atoms with van der Waals surface area (Å²) < 4.78 is 0. The van der Waals surface area contributed by atoms with Crippen molar-refractivity contribution in [2.45, 2.75) is 65.5 Å². The monoisotopic (exact) mass is 562 g/mol. The van der Waals surface area contributed by atoms with Crippen LogP contribution in [0.5, 0.6) is 0 Å². The molecule has 0 radical (unpaired) electrons. The summed E-state index contributed by atoms with van der Waals surface area (Å²) in [7, 11) is 0. The maximum atomic E-state index is 13.8. The van der Waals surface area contributed by atoms with E-state index in [1.165, 1.54) is 16.7 Å². The molecule has 2 atom stereocenters. The minimum atomic E-state index is -0.699. The lowest BCUT2D eigenvalue weighted by molar-refractivity contribution is -0.156. The molecule has 1 saturated carbocycles. The van der Waals surface area contributed by atoms with Crippen molar-refractivity contribution >= 4 is 18.2 Å². The third-order valence-corrected chi connectivity index (χ3v) is 8.57. The van der Waals surface area contributed by atoms with Crippen LogP contribution in [0.2, 0.25) is 0 Å². The van der Waals surface area contributed by atoms with Crippen LogP contribution in [-0.4, -0.2) is 77.1 Å². The van der Waals surface area contributed by atoms with Crippen LogP contribution < -0.4 is 5.32 Å². The third-order valence-electron chi connectivity index (χ3n) is 8.57. The zero-order chi connectivity index (χ0) is 29.4. The molecular weight excluding hydrogens is 516 g/mol. The SMILES string of the molecule is CC(C)(C)[C@H](NC(=O)[C@H](CC1CCCC1)CN(O)C=O)C(=O)N1CCN(Cc2ccccc2-c2ccccc2)CC1. The van der Waals surface area contributed by atoms with Crippen molar-refractivity contribution in [2.75, 3.05) is 32.7 Å². The smallest absolute Gasteiger partial charge is 0.245 e. The highest BCUT2D eigenvalue weighted by Gasteiger charge is 2.38. The lowest BCUT2D eigenvalue weighted by Crippen LogP contribution is -2.59. The molecule has 2 aliphatic rings. The highest BCUT2D eigenvalue weighted by Crippen LogP contribution is 2.31. The summed E-state index contributed by atoms with van der Waals surface area (Å²) in [6.45, 7) is 9.31. The van der Waals surface area contributed by atoms with Gasteiger partial charge in [-0.25, -0.2) is 5.06 Å². The van der Waals surface area contributed by atoms with E-state index in [2.05, 4.69) is 58.7 Å². The Morgan fingerprint density at radius 1 is 1.00 bits per heavy atom. The van der Waals surface area contributed by atoms with Crippen molar-refractivity contribution in [1.82, 2.24) is 20.2 Å². The minimum Gasteiger partial charge on any atom is -0.344 e. The van der Waals surface area contributed by atoms with Gasteiger partial charge in [0.2, 0.25) is 18.2 Å². The Morgan fingerprint density at radius 3 is 2.27 bits per heavy atom. The summed E-state index contributed by atoms with van der Waals surface area (Å²) in [5.74, 6) is -0.518. The second-order valence-corrected chi connectivity index (χ2v) is 12.7. The summed E-state index contributed by atoms with van der Waals surface area (Å²) in [5, 5.41) is 13.5. The van der Waals surface area contributed by atoms with Crippen LogP contribution in [0, 0.1) is 17.3 Å². The molecule has 0 unspecified atom stereocenters. The van der Waals surface area contributed by atoms with Crippen molar-refractivity contribution in [3.63, 3.8) is 0 Å². The van der Waals surface area contributed by atoms with Crippen LogP contribution in [0.15, 0.2) is 54.6 Å². The Kier molecular flexibility index (Phi) is 10.6. The Hall–Kier alpha value is -3.23. The van der Waals surface area contributed by atoms with Crippen LogP contribution in [0.3, 0.4) is 0 Å².